The Morgan fingerprint density at radius 1 is 1.21 bits per heavy atom. The van der Waals surface area contributed by atoms with E-state index in [1.807, 2.05) is 12.1 Å². The highest BCUT2D eigenvalue weighted by Gasteiger charge is 2.46. The predicted octanol–water partition coefficient (Wildman–Crippen LogP) is 5.51. The predicted molar refractivity (Wildman–Crippen MR) is 85.4 cm³/mol. The van der Waals surface area contributed by atoms with Gasteiger partial charge in [0.2, 0.25) is 0 Å². The van der Waals surface area contributed by atoms with Crippen molar-refractivity contribution >= 4 is 44.8 Å². The van der Waals surface area contributed by atoms with Crippen molar-refractivity contribution in [1.82, 2.24) is 0 Å². The van der Waals surface area contributed by atoms with E-state index in [2.05, 4.69) is 48.9 Å². The highest BCUT2D eigenvalue weighted by atomic mass is 79.9. The highest BCUT2D eigenvalue weighted by molar-refractivity contribution is 9.10. The molecule has 2 nitrogen and oxygen atoms in total. The van der Waals surface area contributed by atoms with E-state index in [1.54, 1.807) is 0 Å². The van der Waals surface area contributed by atoms with Crippen molar-refractivity contribution in [2.75, 3.05) is 5.32 Å². The van der Waals surface area contributed by atoms with Crippen LogP contribution in [0.4, 0.5) is 5.69 Å². The van der Waals surface area contributed by atoms with Crippen LogP contribution in [0.3, 0.4) is 0 Å². The molecule has 1 N–H and O–H groups in total. The summed E-state index contributed by atoms with van der Waals surface area (Å²) < 4.78 is 6.94. The number of hydrogen-bond acceptors (Lipinski definition) is 2. The molecule has 5 heteroatoms. The zero-order chi connectivity index (χ0) is 14.4. The molecule has 1 fully saturated rings. The molecule has 0 aromatic heterocycles. The number of nitrogens with one attached hydrogen (secondary N) is 1. The van der Waals surface area contributed by atoms with Gasteiger partial charge in [-0.25, -0.2) is 0 Å². The molecule has 0 radical (unpaired) electrons. The fourth-order valence-corrected chi connectivity index (χ4v) is 3.96. The molecule has 1 aliphatic rings. The summed E-state index contributed by atoms with van der Waals surface area (Å²) >= 11 is 15.9. The van der Waals surface area contributed by atoms with Crippen LogP contribution < -0.4 is 5.32 Å². The molecule has 1 aliphatic heterocycles. The van der Waals surface area contributed by atoms with Crippen molar-refractivity contribution in [3.05, 3.63) is 26.7 Å². The van der Waals surface area contributed by atoms with Crippen LogP contribution in [0.15, 0.2) is 16.6 Å². The van der Waals surface area contributed by atoms with Gasteiger partial charge in [-0.15, -0.1) is 0 Å². The minimum atomic E-state index is -0.261. The SMILES string of the molecule is CC1(C)CC(Nc2c(Cl)cc(Br)cc2Cl)C(C)(C)O1. The second-order valence-corrected chi connectivity index (χ2v) is 7.84. The first-order valence-corrected chi connectivity index (χ1v) is 7.77. The van der Waals surface area contributed by atoms with Crippen molar-refractivity contribution in [3.63, 3.8) is 0 Å². The molecule has 1 unspecified atom stereocenters. The largest absolute Gasteiger partial charge is 0.377 e. The van der Waals surface area contributed by atoms with E-state index in [-0.39, 0.29) is 17.2 Å². The molecule has 0 bridgehead atoms. The minimum absolute atomic E-state index is 0.143. The molecule has 1 saturated heterocycles. The van der Waals surface area contributed by atoms with Crippen LogP contribution in [0, 0.1) is 0 Å². The average Bonchev–Trinajstić information content (AvgIpc) is 2.39. The van der Waals surface area contributed by atoms with Gasteiger partial charge >= 0.3 is 0 Å². The zero-order valence-corrected chi connectivity index (χ0v) is 14.6. The Labute approximate surface area is 132 Å². The number of anilines is 1. The van der Waals surface area contributed by atoms with Crippen LogP contribution in [0.25, 0.3) is 0 Å². The summed E-state index contributed by atoms with van der Waals surface area (Å²) in [6, 6.07) is 3.84. The quantitative estimate of drug-likeness (QED) is 0.744. The maximum Gasteiger partial charge on any atom is 0.0834 e. The minimum Gasteiger partial charge on any atom is -0.377 e. The molecule has 1 aromatic rings. The van der Waals surface area contributed by atoms with Gasteiger partial charge in [0.1, 0.15) is 0 Å². The summed E-state index contributed by atoms with van der Waals surface area (Å²) in [5.41, 5.74) is 0.365. The summed E-state index contributed by atoms with van der Waals surface area (Å²) in [7, 11) is 0. The fraction of sp³-hybridized carbons (Fsp3) is 0.571. The lowest BCUT2D eigenvalue weighted by atomic mass is 9.94. The Kier molecular flexibility index (Phi) is 4.14. The van der Waals surface area contributed by atoms with Crippen molar-refractivity contribution in [1.29, 1.82) is 0 Å². The first kappa shape index (κ1) is 15.4. The molecular weight excluding hydrogens is 349 g/mol. The van der Waals surface area contributed by atoms with E-state index in [0.29, 0.717) is 10.0 Å². The second-order valence-electron chi connectivity index (χ2n) is 6.11. The standard InChI is InChI=1S/C14H18BrCl2NO/c1-13(2)7-11(14(3,4)19-13)18-12-9(16)5-8(15)6-10(12)17/h5-6,11,18H,7H2,1-4H3. The normalized spacial score (nSPS) is 24.5. The summed E-state index contributed by atoms with van der Waals surface area (Å²) in [4.78, 5) is 0. The molecule has 1 atom stereocenters. The lowest BCUT2D eigenvalue weighted by molar-refractivity contribution is -0.0662. The lowest BCUT2D eigenvalue weighted by Crippen LogP contribution is -2.38. The Bertz CT molecular complexity index is 479. The van der Waals surface area contributed by atoms with Gasteiger partial charge in [0.05, 0.1) is 33.0 Å². The van der Waals surface area contributed by atoms with Gasteiger partial charge in [-0.1, -0.05) is 39.1 Å². The van der Waals surface area contributed by atoms with Crippen LogP contribution in [0.2, 0.25) is 10.0 Å². The number of ether oxygens (including phenoxy) is 1. The summed E-state index contributed by atoms with van der Waals surface area (Å²) in [6.45, 7) is 8.36. The number of halogens is 3. The van der Waals surface area contributed by atoms with E-state index >= 15 is 0 Å². The Balaban J connectivity index is 2.27. The third-order valence-electron chi connectivity index (χ3n) is 3.40. The number of hydrogen-bond donors (Lipinski definition) is 1. The molecule has 106 valence electrons. The van der Waals surface area contributed by atoms with E-state index < -0.39 is 0 Å². The average molecular weight is 367 g/mol. The fourth-order valence-electron chi connectivity index (χ4n) is 2.64. The number of benzene rings is 1. The topological polar surface area (TPSA) is 21.3 Å². The molecule has 0 spiro atoms. The third kappa shape index (κ3) is 3.38. The van der Waals surface area contributed by atoms with Gasteiger partial charge in [-0.2, -0.15) is 0 Å². The van der Waals surface area contributed by atoms with Crippen LogP contribution in [0.5, 0.6) is 0 Å². The van der Waals surface area contributed by atoms with Gasteiger partial charge in [0.25, 0.3) is 0 Å². The maximum absolute atomic E-state index is 6.26. The van der Waals surface area contributed by atoms with Crippen LogP contribution in [0.1, 0.15) is 34.1 Å². The van der Waals surface area contributed by atoms with Gasteiger partial charge < -0.3 is 10.1 Å². The number of rotatable bonds is 2. The molecule has 0 aliphatic carbocycles. The van der Waals surface area contributed by atoms with Crippen molar-refractivity contribution in [2.24, 2.45) is 0 Å². The van der Waals surface area contributed by atoms with Crippen molar-refractivity contribution in [2.45, 2.75) is 51.4 Å². The summed E-state index contributed by atoms with van der Waals surface area (Å²) in [5.74, 6) is 0. The van der Waals surface area contributed by atoms with Crippen molar-refractivity contribution < 1.29 is 4.74 Å². The van der Waals surface area contributed by atoms with Crippen molar-refractivity contribution in [3.8, 4) is 0 Å². The first-order valence-electron chi connectivity index (χ1n) is 6.22. The zero-order valence-electron chi connectivity index (χ0n) is 11.5. The maximum atomic E-state index is 6.26. The Morgan fingerprint density at radius 3 is 2.16 bits per heavy atom. The molecular formula is C14H18BrCl2NO. The Hall–Kier alpha value is 0.0400. The smallest absolute Gasteiger partial charge is 0.0834 e. The van der Waals surface area contributed by atoms with Gasteiger partial charge in [0, 0.05) is 4.47 Å². The molecule has 2 rings (SSSR count). The van der Waals surface area contributed by atoms with Crippen LogP contribution in [-0.4, -0.2) is 17.2 Å². The van der Waals surface area contributed by atoms with Gasteiger partial charge in [-0.3, -0.25) is 0 Å². The van der Waals surface area contributed by atoms with E-state index in [1.165, 1.54) is 0 Å². The van der Waals surface area contributed by atoms with Crippen LogP contribution in [-0.2, 0) is 4.74 Å². The van der Waals surface area contributed by atoms with Gasteiger partial charge in [-0.05, 0) is 46.2 Å². The lowest BCUT2D eigenvalue weighted by Gasteiger charge is -2.29. The molecule has 1 aromatic carbocycles. The van der Waals surface area contributed by atoms with Crippen LogP contribution >= 0.6 is 39.1 Å². The molecule has 19 heavy (non-hydrogen) atoms. The molecule has 1 heterocycles. The van der Waals surface area contributed by atoms with Gasteiger partial charge in [0.15, 0.2) is 0 Å². The third-order valence-corrected chi connectivity index (χ3v) is 4.45. The second kappa shape index (κ2) is 5.10. The van der Waals surface area contributed by atoms with E-state index in [0.717, 1.165) is 16.6 Å². The first-order chi connectivity index (χ1) is 8.61. The molecule has 0 saturated carbocycles. The summed E-state index contributed by atoms with van der Waals surface area (Å²) in [6.07, 6.45) is 0.905. The highest BCUT2D eigenvalue weighted by Crippen LogP contribution is 2.41. The van der Waals surface area contributed by atoms with E-state index in [4.69, 9.17) is 27.9 Å². The van der Waals surface area contributed by atoms with E-state index in [9.17, 15) is 0 Å². The summed E-state index contributed by atoms with van der Waals surface area (Å²) in [5, 5.41) is 4.66. The Morgan fingerprint density at radius 2 is 1.74 bits per heavy atom. The molecule has 0 amide bonds. The monoisotopic (exact) mass is 365 g/mol.